The van der Waals surface area contributed by atoms with Crippen LogP contribution in [-0.2, 0) is 4.79 Å². The molecular weight excluding hydrogens is 390 g/mol. The average molecular weight is 414 g/mol. The lowest BCUT2D eigenvalue weighted by Crippen LogP contribution is -2.53. The summed E-state index contributed by atoms with van der Waals surface area (Å²) in [5.41, 5.74) is 2.37. The van der Waals surface area contributed by atoms with Crippen molar-refractivity contribution >= 4 is 23.3 Å². The molecule has 2 aromatic rings. The average Bonchev–Trinajstić information content (AvgIpc) is 2.69. The number of rotatable bonds is 3. The van der Waals surface area contributed by atoms with Gasteiger partial charge in [-0.25, -0.2) is 0 Å². The zero-order chi connectivity index (χ0) is 20.6. The molecule has 0 saturated carbocycles. The van der Waals surface area contributed by atoms with Crippen LogP contribution in [0, 0.1) is 13.8 Å². The van der Waals surface area contributed by atoms with Crippen molar-refractivity contribution in [3.63, 3.8) is 0 Å². The van der Waals surface area contributed by atoms with Crippen molar-refractivity contribution in [1.82, 2.24) is 4.90 Å². The quantitative estimate of drug-likeness (QED) is 0.750. The van der Waals surface area contributed by atoms with Crippen molar-refractivity contribution in [2.24, 2.45) is 0 Å². The molecule has 0 radical (unpaired) electrons. The van der Waals surface area contributed by atoms with E-state index in [4.69, 9.17) is 21.1 Å². The molecule has 0 unspecified atom stereocenters. The fourth-order valence-corrected chi connectivity index (χ4v) is 4.08. The molecule has 152 valence electrons. The van der Waals surface area contributed by atoms with Gasteiger partial charge in [-0.1, -0.05) is 11.6 Å². The lowest BCUT2D eigenvalue weighted by atomic mass is 9.82. The Balaban J connectivity index is 1.37. The lowest BCUT2D eigenvalue weighted by molar-refractivity contribution is -0.136. The number of piperidine rings is 1. The van der Waals surface area contributed by atoms with E-state index in [1.54, 1.807) is 29.2 Å². The number of carbonyl (C=O) groups is 2. The van der Waals surface area contributed by atoms with Crippen LogP contribution in [0.25, 0.3) is 0 Å². The number of ether oxygens (including phenoxy) is 2. The second kappa shape index (κ2) is 7.71. The van der Waals surface area contributed by atoms with Crippen LogP contribution in [0.5, 0.6) is 11.5 Å². The summed E-state index contributed by atoms with van der Waals surface area (Å²) >= 11 is 5.86. The number of halogens is 1. The standard InChI is InChI=1S/C23H24ClNO4/c1-15-11-19-20(26)13-23(29-21(19)12-16(15)2)7-9-25(10-8-23)22(27)14-28-18-5-3-17(24)4-6-18/h3-6,11-12H,7-10,13-14H2,1-2H3. The van der Waals surface area contributed by atoms with E-state index in [1.165, 1.54) is 0 Å². The van der Waals surface area contributed by atoms with Crippen LogP contribution in [-0.4, -0.2) is 41.9 Å². The number of hydrogen-bond donors (Lipinski definition) is 0. The van der Waals surface area contributed by atoms with Gasteiger partial charge in [0.15, 0.2) is 12.4 Å². The van der Waals surface area contributed by atoms with Gasteiger partial charge in [0.1, 0.15) is 17.1 Å². The summed E-state index contributed by atoms with van der Waals surface area (Å²) in [5.74, 6) is 1.35. The van der Waals surface area contributed by atoms with Crippen molar-refractivity contribution < 1.29 is 19.1 Å². The molecule has 0 aliphatic carbocycles. The van der Waals surface area contributed by atoms with E-state index in [1.807, 2.05) is 26.0 Å². The molecular formula is C23H24ClNO4. The molecule has 2 aliphatic heterocycles. The molecule has 5 nitrogen and oxygen atoms in total. The van der Waals surface area contributed by atoms with Gasteiger partial charge in [-0.05, 0) is 61.4 Å². The first kappa shape index (κ1) is 19.8. The van der Waals surface area contributed by atoms with Gasteiger partial charge < -0.3 is 14.4 Å². The SMILES string of the molecule is Cc1cc2c(cc1C)C(=O)CC1(CCN(C(=O)COc3ccc(Cl)cc3)CC1)O2. The maximum absolute atomic E-state index is 12.7. The number of fused-ring (bicyclic) bond motifs is 1. The van der Waals surface area contributed by atoms with Crippen molar-refractivity contribution in [1.29, 1.82) is 0 Å². The molecule has 1 amide bonds. The molecule has 0 aromatic heterocycles. The fraction of sp³-hybridized carbons (Fsp3) is 0.391. The van der Waals surface area contributed by atoms with Gasteiger partial charge >= 0.3 is 0 Å². The number of nitrogens with zero attached hydrogens (tertiary/aromatic N) is 1. The van der Waals surface area contributed by atoms with Gasteiger partial charge in [0.05, 0.1) is 12.0 Å². The van der Waals surface area contributed by atoms with E-state index in [-0.39, 0.29) is 18.3 Å². The van der Waals surface area contributed by atoms with Gasteiger partial charge in [0.2, 0.25) is 0 Å². The maximum atomic E-state index is 12.7. The van der Waals surface area contributed by atoms with E-state index < -0.39 is 5.60 Å². The number of hydrogen-bond acceptors (Lipinski definition) is 4. The number of carbonyl (C=O) groups excluding carboxylic acids is 2. The van der Waals surface area contributed by atoms with Gasteiger partial charge in [-0.15, -0.1) is 0 Å². The number of aryl methyl sites for hydroxylation is 2. The van der Waals surface area contributed by atoms with E-state index in [0.717, 1.165) is 11.1 Å². The largest absolute Gasteiger partial charge is 0.486 e. The molecule has 1 saturated heterocycles. The van der Waals surface area contributed by atoms with Crippen LogP contribution < -0.4 is 9.47 Å². The van der Waals surface area contributed by atoms with Gasteiger partial charge in [-0.2, -0.15) is 0 Å². The van der Waals surface area contributed by atoms with Crippen LogP contribution in [0.3, 0.4) is 0 Å². The predicted molar refractivity (Wildman–Crippen MR) is 111 cm³/mol. The normalized spacial score (nSPS) is 17.6. The molecule has 0 N–H and O–H groups in total. The molecule has 4 rings (SSSR count). The number of amides is 1. The monoisotopic (exact) mass is 413 g/mol. The first-order valence-corrected chi connectivity index (χ1v) is 10.2. The molecule has 2 aliphatic rings. The summed E-state index contributed by atoms with van der Waals surface area (Å²) in [7, 11) is 0. The second-order valence-corrected chi connectivity index (χ2v) is 8.38. The third-order valence-corrected chi connectivity index (χ3v) is 6.16. The zero-order valence-electron chi connectivity index (χ0n) is 16.7. The number of likely N-dealkylation sites (tertiary alicyclic amines) is 1. The topological polar surface area (TPSA) is 55.8 Å². The van der Waals surface area contributed by atoms with Crippen LogP contribution in [0.2, 0.25) is 5.02 Å². The third kappa shape index (κ3) is 4.10. The molecule has 1 fully saturated rings. The Morgan fingerprint density at radius 3 is 2.48 bits per heavy atom. The highest BCUT2D eigenvalue weighted by Crippen LogP contribution is 2.40. The Kier molecular flexibility index (Phi) is 5.26. The molecule has 1 spiro atoms. The molecule has 6 heteroatoms. The summed E-state index contributed by atoms with van der Waals surface area (Å²) in [6, 6.07) is 10.8. The van der Waals surface area contributed by atoms with E-state index in [9.17, 15) is 9.59 Å². The minimum absolute atomic E-state index is 0.0181. The number of benzene rings is 2. The third-order valence-electron chi connectivity index (χ3n) is 5.91. The van der Waals surface area contributed by atoms with Crippen molar-refractivity contribution in [3.8, 4) is 11.5 Å². The Morgan fingerprint density at radius 1 is 1.14 bits per heavy atom. The van der Waals surface area contributed by atoms with Crippen molar-refractivity contribution in [2.75, 3.05) is 19.7 Å². The Hall–Kier alpha value is -2.53. The molecule has 0 bridgehead atoms. The highest BCUT2D eigenvalue weighted by Gasteiger charge is 2.43. The highest BCUT2D eigenvalue weighted by atomic mass is 35.5. The van der Waals surface area contributed by atoms with Gasteiger partial charge in [-0.3, -0.25) is 9.59 Å². The first-order chi connectivity index (χ1) is 13.8. The fourth-order valence-electron chi connectivity index (χ4n) is 3.96. The Bertz CT molecular complexity index is 946. The predicted octanol–water partition coefficient (Wildman–Crippen LogP) is 4.36. The van der Waals surface area contributed by atoms with Crippen LogP contribution in [0.1, 0.15) is 40.7 Å². The Morgan fingerprint density at radius 2 is 1.79 bits per heavy atom. The van der Waals surface area contributed by atoms with E-state index >= 15 is 0 Å². The Labute approximate surface area is 175 Å². The number of ketones is 1. The molecule has 2 aromatic carbocycles. The van der Waals surface area contributed by atoms with Gasteiger partial charge in [0.25, 0.3) is 5.91 Å². The smallest absolute Gasteiger partial charge is 0.260 e. The van der Waals surface area contributed by atoms with Crippen LogP contribution >= 0.6 is 11.6 Å². The summed E-state index contributed by atoms with van der Waals surface area (Å²) in [5, 5.41) is 0.624. The molecule has 0 atom stereocenters. The second-order valence-electron chi connectivity index (χ2n) is 7.94. The minimum Gasteiger partial charge on any atom is -0.486 e. The highest BCUT2D eigenvalue weighted by molar-refractivity contribution is 6.30. The van der Waals surface area contributed by atoms with Crippen molar-refractivity contribution in [3.05, 3.63) is 58.1 Å². The van der Waals surface area contributed by atoms with Crippen molar-refractivity contribution in [2.45, 2.75) is 38.7 Å². The van der Waals surface area contributed by atoms with Crippen LogP contribution in [0.4, 0.5) is 0 Å². The van der Waals surface area contributed by atoms with Crippen LogP contribution in [0.15, 0.2) is 36.4 Å². The summed E-state index contributed by atoms with van der Waals surface area (Å²) in [6.07, 6.45) is 1.64. The van der Waals surface area contributed by atoms with E-state index in [2.05, 4.69) is 0 Å². The number of Topliss-reactive ketones (excluding diaryl/α,β-unsaturated/α-hetero) is 1. The molecule has 2 heterocycles. The lowest BCUT2D eigenvalue weighted by Gasteiger charge is -2.44. The van der Waals surface area contributed by atoms with Gasteiger partial charge in [0, 0.05) is 31.0 Å². The summed E-state index contributed by atoms with van der Waals surface area (Å²) in [4.78, 5) is 27.0. The molecule has 29 heavy (non-hydrogen) atoms. The summed E-state index contributed by atoms with van der Waals surface area (Å²) in [6.45, 7) is 5.11. The van der Waals surface area contributed by atoms with E-state index in [0.29, 0.717) is 54.4 Å². The minimum atomic E-state index is -0.514. The zero-order valence-corrected chi connectivity index (χ0v) is 17.4. The first-order valence-electron chi connectivity index (χ1n) is 9.85. The maximum Gasteiger partial charge on any atom is 0.260 e. The summed E-state index contributed by atoms with van der Waals surface area (Å²) < 4.78 is 11.9.